The summed E-state index contributed by atoms with van der Waals surface area (Å²) in [5.41, 5.74) is -0.0948. The lowest BCUT2D eigenvalue weighted by Crippen LogP contribution is -2.44. The standard InChI is InChI=1S/C34H42BrF2N5O6/c1-19-23(35)9-8-10-25(19)42(32(46)48-34(5,6)7)30-27-24(39-29(40-30)28(36)37)15-21(17-38-27)18-41(31(45)47-33(2,3)4)22-13-11-20(12-14-22)16-26(43)44/h8-10,15,17,20,22,28H,11-14,16,18H2,1-7H3,(H,43,44)/t20-,22-. The van der Waals surface area contributed by atoms with E-state index in [0.717, 1.165) is 4.90 Å². The number of halogens is 3. The summed E-state index contributed by atoms with van der Waals surface area (Å²) < 4.78 is 40.7. The first-order valence-electron chi connectivity index (χ1n) is 15.8. The van der Waals surface area contributed by atoms with E-state index in [9.17, 15) is 28.3 Å². The number of hydrogen-bond donors (Lipinski definition) is 1. The molecular weight excluding hydrogens is 692 g/mol. The third-order valence-corrected chi connectivity index (χ3v) is 8.61. The van der Waals surface area contributed by atoms with Crippen LogP contribution in [0.25, 0.3) is 11.0 Å². The first-order valence-corrected chi connectivity index (χ1v) is 16.6. The lowest BCUT2D eigenvalue weighted by Gasteiger charge is -2.37. The van der Waals surface area contributed by atoms with E-state index in [2.05, 4.69) is 30.9 Å². The largest absolute Gasteiger partial charge is 0.481 e. The molecule has 0 bridgehead atoms. The smallest absolute Gasteiger partial charge is 0.420 e. The number of benzene rings is 1. The zero-order valence-corrected chi connectivity index (χ0v) is 29.8. The molecule has 1 N–H and O–H groups in total. The van der Waals surface area contributed by atoms with E-state index in [1.807, 2.05) is 0 Å². The Morgan fingerprint density at radius 1 is 1.00 bits per heavy atom. The number of fused-ring (bicyclic) bond motifs is 1. The molecule has 11 nitrogen and oxygen atoms in total. The molecule has 0 spiro atoms. The average Bonchev–Trinajstić information content (AvgIpc) is 2.96. The lowest BCUT2D eigenvalue weighted by atomic mass is 9.83. The van der Waals surface area contributed by atoms with Crippen LogP contribution in [0.1, 0.15) is 97.0 Å². The minimum Gasteiger partial charge on any atom is -0.481 e. The van der Waals surface area contributed by atoms with Crippen molar-refractivity contribution >= 4 is 56.6 Å². The van der Waals surface area contributed by atoms with Gasteiger partial charge in [-0.05, 0) is 109 Å². The van der Waals surface area contributed by atoms with Crippen LogP contribution in [0.5, 0.6) is 0 Å². The summed E-state index contributed by atoms with van der Waals surface area (Å²) >= 11 is 3.48. The normalized spacial score (nSPS) is 16.9. The first kappa shape index (κ1) is 36.9. The number of carboxylic acids is 1. The number of aliphatic carboxylic acids is 1. The molecule has 3 aromatic rings. The summed E-state index contributed by atoms with van der Waals surface area (Å²) in [6.45, 7) is 12.2. The van der Waals surface area contributed by atoms with Crippen molar-refractivity contribution < 1.29 is 37.7 Å². The highest BCUT2D eigenvalue weighted by Crippen LogP contribution is 2.37. The molecule has 0 atom stereocenters. The van der Waals surface area contributed by atoms with Gasteiger partial charge in [-0.3, -0.25) is 9.78 Å². The molecule has 0 saturated heterocycles. The second kappa shape index (κ2) is 14.7. The van der Waals surface area contributed by atoms with Gasteiger partial charge in [0.25, 0.3) is 6.43 Å². The van der Waals surface area contributed by atoms with Crippen LogP contribution < -0.4 is 4.90 Å². The minimum absolute atomic E-state index is 0.0197. The van der Waals surface area contributed by atoms with Gasteiger partial charge in [-0.15, -0.1) is 0 Å². The number of alkyl halides is 2. The van der Waals surface area contributed by atoms with Crippen LogP contribution in [0.15, 0.2) is 34.9 Å². The van der Waals surface area contributed by atoms with Crippen LogP contribution in [0.3, 0.4) is 0 Å². The predicted molar refractivity (Wildman–Crippen MR) is 179 cm³/mol. The molecule has 1 fully saturated rings. The Labute approximate surface area is 287 Å². The Morgan fingerprint density at radius 3 is 2.21 bits per heavy atom. The molecular formula is C34H42BrF2N5O6. The lowest BCUT2D eigenvalue weighted by molar-refractivity contribution is -0.138. The fourth-order valence-electron chi connectivity index (χ4n) is 5.61. The molecule has 1 saturated carbocycles. The Morgan fingerprint density at radius 2 is 1.62 bits per heavy atom. The van der Waals surface area contributed by atoms with Gasteiger partial charge in [0.1, 0.15) is 16.7 Å². The van der Waals surface area contributed by atoms with Crippen LogP contribution in [0.2, 0.25) is 0 Å². The van der Waals surface area contributed by atoms with Crippen LogP contribution in [0, 0.1) is 12.8 Å². The second-order valence-electron chi connectivity index (χ2n) is 14.0. The quantitative estimate of drug-likeness (QED) is 0.241. The van der Waals surface area contributed by atoms with Crippen molar-refractivity contribution in [3.8, 4) is 0 Å². The molecule has 1 aromatic carbocycles. The molecule has 1 aliphatic carbocycles. The van der Waals surface area contributed by atoms with Crippen molar-refractivity contribution in [3.05, 3.63) is 51.9 Å². The molecule has 14 heteroatoms. The monoisotopic (exact) mass is 733 g/mol. The van der Waals surface area contributed by atoms with Gasteiger partial charge < -0.3 is 19.5 Å². The number of aromatic nitrogens is 3. The van der Waals surface area contributed by atoms with Crippen molar-refractivity contribution in [1.82, 2.24) is 19.9 Å². The summed E-state index contributed by atoms with van der Waals surface area (Å²) in [6, 6.07) is 6.45. The van der Waals surface area contributed by atoms with Crippen molar-refractivity contribution in [2.24, 2.45) is 5.92 Å². The Balaban J connectivity index is 1.80. The number of carboxylic acid groups (broad SMARTS) is 1. The van der Waals surface area contributed by atoms with E-state index in [1.54, 1.807) is 77.6 Å². The topological polar surface area (TPSA) is 135 Å². The fourth-order valence-corrected chi connectivity index (χ4v) is 5.97. The van der Waals surface area contributed by atoms with Crippen molar-refractivity contribution in [1.29, 1.82) is 0 Å². The molecule has 0 radical (unpaired) electrons. The zero-order chi connectivity index (χ0) is 35.6. The Hall–Kier alpha value is -3.94. The maximum Gasteiger partial charge on any atom is 0.420 e. The highest BCUT2D eigenvalue weighted by molar-refractivity contribution is 9.10. The molecule has 260 valence electrons. The predicted octanol–water partition coefficient (Wildman–Crippen LogP) is 8.88. The zero-order valence-electron chi connectivity index (χ0n) is 28.2. The van der Waals surface area contributed by atoms with E-state index < -0.39 is 41.6 Å². The number of carbonyl (C=O) groups is 3. The molecule has 4 rings (SSSR count). The Kier molecular flexibility index (Phi) is 11.3. The highest BCUT2D eigenvalue weighted by atomic mass is 79.9. The van der Waals surface area contributed by atoms with Gasteiger partial charge in [0.05, 0.1) is 17.7 Å². The van der Waals surface area contributed by atoms with Gasteiger partial charge in [-0.25, -0.2) is 33.2 Å². The number of nitrogens with zero attached hydrogens (tertiary/aromatic N) is 5. The number of pyridine rings is 1. The molecule has 1 aliphatic rings. The number of carbonyl (C=O) groups excluding carboxylic acids is 2. The second-order valence-corrected chi connectivity index (χ2v) is 14.9. The Bertz CT molecular complexity index is 1670. The molecule has 0 aliphatic heterocycles. The van der Waals surface area contributed by atoms with Crippen molar-refractivity contribution in [2.75, 3.05) is 4.90 Å². The maximum atomic E-state index is 14.3. The highest BCUT2D eigenvalue weighted by Gasteiger charge is 2.34. The number of ether oxygens (including phenoxy) is 2. The summed E-state index contributed by atoms with van der Waals surface area (Å²) in [5, 5.41) is 9.24. The van der Waals surface area contributed by atoms with Gasteiger partial charge >= 0.3 is 18.2 Å². The molecule has 2 amide bonds. The van der Waals surface area contributed by atoms with E-state index in [4.69, 9.17) is 9.47 Å². The van der Waals surface area contributed by atoms with Crippen LogP contribution >= 0.6 is 15.9 Å². The number of rotatable bonds is 8. The van der Waals surface area contributed by atoms with Gasteiger partial charge in [0.2, 0.25) is 0 Å². The third kappa shape index (κ3) is 9.36. The fraction of sp³-hybridized carbons (Fsp3) is 0.529. The maximum absolute atomic E-state index is 14.3. The number of hydrogen-bond acceptors (Lipinski definition) is 8. The minimum atomic E-state index is -3.07. The van der Waals surface area contributed by atoms with E-state index in [0.29, 0.717) is 47.0 Å². The van der Waals surface area contributed by atoms with Gasteiger partial charge in [-0.1, -0.05) is 22.0 Å². The van der Waals surface area contributed by atoms with E-state index in [1.165, 1.54) is 6.20 Å². The van der Waals surface area contributed by atoms with Crippen LogP contribution in [-0.4, -0.2) is 60.4 Å². The average molecular weight is 735 g/mol. The molecule has 0 unspecified atom stereocenters. The van der Waals surface area contributed by atoms with Gasteiger partial charge in [-0.2, -0.15) is 0 Å². The van der Waals surface area contributed by atoms with Gasteiger partial charge in [0, 0.05) is 23.1 Å². The molecule has 2 heterocycles. The van der Waals surface area contributed by atoms with Crippen molar-refractivity contribution in [2.45, 2.75) is 111 Å². The van der Waals surface area contributed by atoms with Crippen LogP contribution in [0.4, 0.5) is 29.9 Å². The van der Waals surface area contributed by atoms with Crippen LogP contribution in [-0.2, 0) is 20.8 Å². The summed E-state index contributed by atoms with van der Waals surface area (Å²) in [4.78, 5) is 54.0. The van der Waals surface area contributed by atoms with Crippen molar-refractivity contribution in [3.63, 3.8) is 0 Å². The van der Waals surface area contributed by atoms with Gasteiger partial charge in [0.15, 0.2) is 11.6 Å². The summed E-state index contributed by atoms with van der Waals surface area (Å²) in [6.07, 6.45) is -0.472. The van der Waals surface area contributed by atoms with E-state index >= 15 is 0 Å². The number of amides is 2. The van der Waals surface area contributed by atoms with E-state index in [-0.39, 0.29) is 41.8 Å². The summed E-state index contributed by atoms with van der Waals surface area (Å²) in [5.74, 6) is -1.82. The molecule has 2 aromatic heterocycles. The first-order chi connectivity index (χ1) is 22.3. The summed E-state index contributed by atoms with van der Waals surface area (Å²) in [7, 11) is 0. The number of anilines is 2. The molecule has 48 heavy (non-hydrogen) atoms. The third-order valence-electron chi connectivity index (χ3n) is 7.76. The SMILES string of the molecule is Cc1c(Br)cccc1N(C(=O)OC(C)(C)C)c1nc(C(F)F)nc2cc(CN(C(=O)OC(C)(C)C)[C@H]3CC[C@H](CC(=O)O)CC3)cnc12.